The van der Waals surface area contributed by atoms with Gasteiger partial charge in [0, 0.05) is 11.3 Å². The summed E-state index contributed by atoms with van der Waals surface area (Å²) in [6, 6.07) is 12.0. The highest BCUT2D eigenvalue weighted by Crippen LogP contribution is 2.38. The van der Waals surface area contributed by atoms with E-state index >= 15 is 0 Å². The molecule has 7 nitrogen and oxygen atoms in total. The van der Waals surface area contributed by atoms with E-state index < -0.39 is 11.9 Å². The Labute approximate surface area is 177 Å². The van der Waals surface area contributed by atoms with E-state index in [-0.39, 0.29) is 0 Å². The fourth-order valence-electron chi connectivity index (χ4n) is 3.35. The first-order valence-corrected chi connectivity index (χ1v) is 9.48. The molecular formula is C20H17Cl2N5O2. The summed E-state index contributed by atoms with van der Waals surface area (Å²) in [6.07, 6.45) is 0. The van der Waals surface area contributed by atoms with Crippen molar-refractivity contribution in [3.05, 3.63) is 69.3 Å². The second-order valence-electron chi connectivity index (χ2n) is 6.54. The molecule has 0 bridgehead atoms. The van der Waals surface area contributed by atoms with Gasteiger partial charge in [0.15, 0.2) is 5.82 Å². The Kier molecular flexibility index (Phi) is 4.94. The summed E-state index contributed by atoms with van der Waals surface area (Å²) in [7, 11) is 1.60. The summed E-state index contributed by atoms with van der Waals surface area (Å²) in [4.78, 5) is 16.9. The van der Waals surface area contributed by atoms with Gasteiger partial charge >= 0.3 is 0 Å². The minimum absolute atomic E-state index is 0.373. The van der Waals surface area contributed by atoms with Crippen molar-refractivity contribution in [3.8, 4) is 17.1 Å². The predicted octanol–water partition coefficient (Wildman–Crippen LogP) is 4.03. The summed E-state index contributed by atoms with van der Waals surface area (Å²) >= 11 is 12.3. The fourth-order valence-corrected chi connectivity index (χ4v) is 3.65. The molecule has 4 rings (SSSR count). The van der Waals surface area contributed by atoms with Gasteiger partial charge in [-0.05, 0) is 36.8 Å². The number of carbonyl (C=O) groups excluding carboxylic acids is 1. The maximum atomic E-state index is 12.3. The van der Waals surface area contributed by atoms with Crippen LogP contribution >= 0.6 is 23.2 Å². The van der Waals surface area contributed by atoms with Gasteiger partial charge in [0.1, 0.15) is 11.8 Å². The average Bonchev–Trinajstić information content (AvgIpc) is 3.12. The standard InChI is InChI=1S/C20H17Cl2N5O2/c1-10-16(18(23)28)17(11-6-7-14(21)15(22)9-11)27-20(24-10)25-19(26-27)12-4-3-5-13(8-12)29-2/h3-9,17H,1-2H3,(H2,23,28)(H,24,25,26). The van der Waals surface area contributed by atoms with E-state index in [1.165, 1.54) is 0 Å². The van der Waals surface area contributed by atoms with Crippen LogP contribution in [0.25, 0.3) is 11.4 Å². The maximum Gasteiger partial charge on any atom is 0.248 e. The van der Waals surface area contributed by atoms with Crippen molar-refractivity contribution in [2.75, 3.05) is 12.4 Å². The van der Waals surface area contributed by atoms with E-state index in [0.29, 0.717) is 38.8 Å². The third kappa shape index (κ3) is 3.43. The van der Waals surface area contributed by atoms with Gasteiger partial charge in [-0.1, -0.05) is 41.4 Å². The van der Waals surface area contributed by atoms with Gasteiger partial charge in [-0.25, -0.2) is 4.68 Å². The van der Waals surface area contributed by atoms with E-state index in [1.807, 2.05) is 24.3 Å². The largest absolute Gasteiger partial charge is 0.497 e. The molecule has 0 radical (unpaired) electrons. The van der Waals surface area contributed by atoms with E-state index in [1.54, 1.807) is 36.9 Å². The number of nitrogens with zero attached hydrogens (tertiary/aromatic N) is 3. The zero-order chi connectivity index (χ0) is 20.7. The van der Waals surface area contributed by atoms with Gasteiger partial charge in [0.2, 0.25) is 11.9 Å². The van der Waals surface area contributed by atoms with Crippen molar-refractivity contribution in [3.63, 3.8) is 0 Å². The van der Waals surface area contributed by atoms with Crippen molar-refractivity contribution in [1.29, 1.82) is 0 Å². The van der Waals surface area contributed by atoms with Crippen molar-refractivity contribution >= 4 is 35.1 Å². The minimum Gasteiger partial charge on any atom is -0.497 e. The summed E-state index contributed by atoms with van der Waals surface area (Å²) in [5.41, 5.74) is 8.16. The van der Waals surface area contributed by atoms with Gasteiger partial charge in [-0.15, -0.1) is 5.10 Å². The van der Waals surface area contributed by atoms with Gasteiger partial charge in [-0.3, -0.25) is 4.79 Å². The number of nitrogens with two attached hydrogens (primary N) is 1. The fraction of sp³-hybridized carbons (Fsp3) is 0.150. The Hall–Kier alpha value is -3.03. The van der Waals surface area contributed by atoms with Crippen LogP contribution in [0.5, 0.6) is 5.75 Å². The molecule has 2 aromatic carbocycles. The first-order chi connectivity index (χ1) is 13.9. The molecule has 1 aliphatic heterocycles. The number of allylic oxidation sites excluding steroid dienone is 1. The predicted molar refractivity (Wildman–Crippen MR) is 112 cm³/mol. The number of ether oxygens (including phenoxy) is 1. The monoisotopic (exact) mass is 429 g/mol. The number of anilines is 1. The number of fused-ring (bicyclic) bond motifs is 1. The molecule has 1 atom stereocenters. The Bertz CT molecular complexity index is 1160. The van der Waals surface area contributed by atoms with Crippen molar-refractivity contribution in [2.45, 2.75) is 13.0 Å². The number of halogens is 2. The van der Waals surface area contributed by atoms with Crippen LogP contribution in [0.2, 0.25) is 10.0 Å². The van der Waals surface area contributed by atoms with Gasteiger partial charge in [0.05, 0.1) is 22.7 Å². The molecule has 1 aliphatic rings. The smallest absolute Gasteiger partial charge is 0.248 e. The summed E-state index contributed by atoms with van der Waals surface area (Å²) in [6.45, 7) is 1.77. The molecule has 29 heavy (non-hydrogen) atoms. The maximum absolute atomic E-state index is 12.3. The summed E-state index contributed by atoms with van der Waals surface area (Å²) < 4.78 is 6.91. The van der Waals surface area contributed by atoms with E-state index in [0.717, 1.165) is 11.1 Å². The molecule has 2 heterocycles. The Morgan fingerprint density at radius 2 is 2.00 bits per heavy atom. The first-order valence-electron chi connectivity index (χ1n) is 8.72. The van der Waals surface area contributed by atoms with Gasteiger partial charge in [0.25, 0.3) is 0 Å². The van der Waals surface area contributed by atoms with Gasteiger partial charge < -0.3 is 15.8 Å². The lowest BCUT2D eigenvalue weighted by molar-refractivity contribution is -0.115. The van der Waals surface area contributed by atoms with Crippen LogP contribution < -0.4 is 15.8 Å². The Balaban J connectivity index is 1.88. The molecule has 0 saturated carbocycles. The number of hydrogen-bond acceptors (Lipinski definition) is 5. The number of primary amides is 1. The topological polar surface area (TPSA) is 95.1 Å². The lowest BCUT2D eigenvalue weighted by atomic mass is 9.95. The second kappa shape index (κ2) is 7.42. The summed E-state index contributed by atoms with van der Waals surface area (Å²) in [5, 5.41) is 8.55. The molecule has 148 valence electrons. The number of rotatable bonds is 4. The highest BCUT2D eigenvalue weighted by molar-refractivity contribution is 6.42. The molecule has 1 aromatic heterocycles. The van der Waals surface area contributed by atoms with E-state index in [2.05, 4.69) is 15.4 Å². The third-order valence-corrected chi connectivity index (χ3v) is 5.44. The number of benzene rings is 2. The van der Waals surface area contributed by atoms with Crippen molar-refractivity contribution < 1.29 is 9.53 Å². The van der Waals surface area contributed by atoms with Crippen LogP contribution in [0.4, 0.5) is 5.95 Å². The molecule has 3 N–H and O–H groups in total. The molecule has 9 heteroatoms. The Morgan fingerprint density at radius 3 is 2.69 bits per heavy atom. The summed E-state index contributed by atoms with van der Waals surface area (Å²) in [5.74, 6) is 1.10. The third-order valence-electron chi connectivity index (χ3n) is 4.71. The minimum atomic E-state index is -0.592. The lowest BCUT2D eigenvalue weighted by Gasteiger charge is -2.27. The van der Waals surface area contributed by atoms with Crippen LogP contribution in [-0.2, 0) is 4.79 Å². The SMILES string of the molecule is COc1cccc(-c2nc3n(n2)C(c2ccc(Cl)c(Cl)c2)C(C(N)=O)=C(C)N3)c1. The van der Waals surface area contributed by atoms with Crippen LogP contribution in [0.15, 0.2) is 53.7 Å². The second-order valence-corrected chi connectivity index (χ2v) is 7.35. The molecular weight excluding hydrogens is 413 g/mol. The molecule has 3 aromatic rings. The Morgan fingerprint density at radius 1 is 1.21 bits per heavy atom. The zero-order valence-corrected chi connectivity index (χ0v) is 17.1. The lowest BCUT2D eigenvalue weighted by Crippen LogP contribution is -2.31. The molecule has 0 spiro atoms. The van der Waals surface area contributed by atoms with Crippen molar-refractivity contribution in [1.82, 2.24) is 14.8 Å². The van der Waals surface area contributed by atoms with E-state index in [9.17, 15) is 4.79 Å². The number of hydrogen-bond donors (Lipinski definition) is 2. The van der Waals surface area contributed by atoms with Crippen LogP contribution in [0, 0.1) is 0 Å². The van der Waals surface area contributed by atoms with Crippen LogP contribution in [-0.4, -0.2) is 27.8 Å². The number of nitrogens with one attached hydrogen (secondary N) is 1. The average molecular weight is 430 g/mol. The zero-order valence-electron chi connectivity index (χ0n) is 15.6. The number of amides is 1. The van der Waals surface area contributed by atoms with Crippen LogP contribution in [0.1, 0.15) is 18.5 Å². The van der Waals surface area contributed by atoms with Crippen LogP contribution in [0.3, 0.4) is 0 Å². The number of carbonyl (C=O) groups is 1. The van der Waals surface area contributed by atoms with E-state index in [4.69, 9.17) is 33.7 Å². The molecule has 0 aliphatic carbocycles. The quantitative estimate of drug-likeness (QED) is 0.652. The highest BCUT2D eigenvalue weighted by Gasteiger charge is 2.33. The number of aromatic nitrogens is 3. The van der Waals surface area contributed by atoms with Crippen molar-refractivity contribution in [2.24, 2.45) is 5.73 Å². The molecule has 0 saturated heterocycles. The molecule has 1 unspecified atom stereocenters. The van der Waals surface area contributed by atoms with Gasteiger partial charge in [-0.2, -0.15) is 4.98 Å². The molecule has 0 fully saturated rings. The normalized spacial score (nSPS) is 15.7. The number of methoxy groups -OCH3 is 1. The highest BCUT2D eigenvalue weighted by atomic mass is 35.5. The molecule has 1 amide bonds. The first kappa shape index (κ1) is 19.3.